The molecule has 0 spiro atoms. The van der Waals surface area contributed by atoms with Crippen LogP contribution in [-0.2, 0) is 0 Å². The Kier molecular flexibility index (Phi) is 3.12. The Morgan fingerprint density at radius 1 is 0.636 bits per heavy atom. The van der Waals surface area contributed by atoms with Gasteiger partial charge in [0.05, 0.1) is 0 Å². The van der Waals surface area contributed by atoms with Gasteiger partial charge in [0, 0.05) is 10.0 Å². The second-order valence-corrected chi connectivity index (χ2v) is 6.21. The van der Waals surface area contributed by atoms with Crippen LogP contribution in [0.5, 0.6) is 5.75 Å². The second kappa shape index (κ2) is 5.15. The first-order valence-corrected chi connectivity index (χ1v) is 7.93. The lowest BCUT2D eigenvalue weighted by atomic mass is 9.95. The average molecular weight is 349 g/mol. The molecule has 4 rings (SSSR count). The van der Waals surface area contributed by atoms with Gasteiger partial charge in [-0.05, 0) is 45.3 Å². The number of phenols is 1. The number of hydrogen-bond acceptors (Lipinski definition) is 1. The monoisotopic (exact) mass is 348 g/mol. The van der Waals surface area contributed by atoms with Crippen molar-refractivity contribution in [3.8, 4) is 16.9 Å². The van der Waals surface area contributed by atoms with E-state index < -0.39 is 0 Å². The lowest BCUT2D eigenvalue weighted by Crippen LogP contribution is -1.84. The Morgan fingerprint density at radius 3 is 2.05 bits per heavy atom. The molecule has 2 heteroatoms. The van der Waals surface area contributed by atoms with E-state index in [1.165, 1.54) is 0 Å². The van der Waals surface area contributed by atoms with Crippen LogP contribution in [0.4, 0.5) is 0 Å². The van der Waals surface area contributed by atoms with Crippen molar-refractivity contribution in [1.29, 1.82) is 0 Å². The van der Waals surface area contributed by atoms with E-state index in [4.69, 9.17) is 0 Å². The van der Waals surface area contributed by atoms with Gasteiger partial charge >= 0.3 is 0 Å². The van der Waals surface area contributed by atoms with E-state index in [1.54, 1.807) is 0 Å². The van der Waals surface area contributed by atoms with Crippen LogP contribution in [0, 0.1) is 0 Å². The standard InChI is InChI=1S/C20H13BrO/c21-19-10-9-16(15-7-3-4-8-17(15)19)18-11-13-5-1-2-6-14(13)12-20(18)22/h1-12,22H. The number of rotatable bonds is 1. The largest absolute Gasteiger partial charge is 0.507 e. The molecule has 0 aliphatic rings. The first-order chi connectivity index (χ1) is 10.7. The molecule has 0 amide bonds. The number of fused-ring (bicyclic) bond motifs is 2. The third-order valence-corrected chi connectivity index (χ3v) is 4.72. The number of hydrogen-bond donors (Lipinski definition) is 1. The topological polar surface area (TPSA) is 20.2 Å². The quantitative estimate of drug-likeness (QED) is 0.438. The molecule has 1 N–H and O–H groups in total. The molecule has 4 aromatic carbocycles. The molecule has 0 aliphatic heterocycles. The van der Waals surface area contributed by atoms with Crippen molar-refractivity contribution >= 4 is 37.5 Å². The van der Waals surface area contributed by atoms with E-state index in [0.29, 0.717) is 5.75 Å². The van der Waals surface area contributed by atoms with Crippen LogP contribution in [0.25, 0.3) is 32.7 Å². The van der Waals surface area contributed by atoms with Gasteiger partial charge in [-0.15, -0.1) is 0 Å². The minimum absolute atomic E-state index is 0.311. The zero-order valence-corrected chi connectivity index (χ0v) is 13.3. The molecule has 0 radical (unpaired) electrons. The highest BCUT2D eigenvalue weighted by atomic mass is 79.9. The molecule has 0 saturated heterocycles. The highest BCUT2D eigenvalue weighted by Crippen LogP contribution is 2.39. The van der Waals surface area contributed by atoms with Crippen LogP contribution in [-0.4, -0.2) is 5.11 Å². The molecule has 0 atom stereocenters. The lowest BCUT2D eigenvalue weighted by molar-refractivity contribution is 0.478. The maximum atomic E-state index is 10.5. The fourth-order valence-corrected chi connectivity index (χ4v) is 3.42. The van der Waals surface area contributed by atoms with Crippen molar-refractivity contribution in [2.45, 2.75) is 0 Å². The Balaban J connectivity index is 2.07. The Hall–Kier alpha value is -2.32. The minimum atomic E-state index is 0.311. The molecule has 1 nitrogen and oxygen atoms in total. The van der Waals surface area contributed by atoms with Crippen molar-refractivity contribution in [3.63, 3.8) is 0 Å². The van der Waals surface area contributed by atoms with Gasteiger partial charge in [0.1, 0.15) is 5.75 Å². The van der Waals surface area contributed by atoms with E-state index in [0.717, 1.165) is 37.1 Å². The summed E-state index contributed by atoms with van der Waals surface area (Å²) < 4.78 is 1.06. The third kappa shape index (κ3) is 2.08. The minimum Gasteiger partial charge on any atom is -0.507 e. The molecule has 4 aromatic rings. The first kappa shape index (κ1) is 13.4. The first-order valence-electron chi connectivity index (χ1n) is 7.13. The Morgan fingerprint density at radius 2 is 1.27 bits per heavy atom. The predicted octanol–water partition coefficient (Wildman–Crippen LogP) is 6.13. The van der Waals surface area contributed by atoms with Crippen molar-refractivity contribution in [1.82, 2.24) is 0 Å². The third-order valence-electron chi connectivity index (χ3n) is 4.03. The molecule has 0 aromatic heterocycles. The van der Waals surface area contributed by atoms with Crippen molar-refractivity contribution < 1.29 is 5.11 Å². The molecule has 0 fully saturated rings. The van der Waals surface area contributed by atoms with Crippen LogP contribution in [0.2, 0.25) is 0 Å². The summed E-state index contributed by atoms with van der Waals surface area (Å²) in [6.07, 6.45) is 0. The fraction of sp³-hybridized carbons (Fsp3) is 0. The van der Waals surface area contributed by atoms with Gasteiger partial charge in [0.15, 0.2) is 0 Å². The molecule has 0 heterocycles. The summed E-state index contributed by atoms with van der Waals surface area (Å²) in [5.74, 6) is 0.311. The van der Waals surface area contributed by atoms with Gasteiger partial charge in [-0.1, -0.05) is 70.5 Å². The summed E-state index contributed by atoms with van der Waals surface area (Å²) in [4.78, 5) is 0. The van der Waals surface area contributed by atoms with Crippen molar-refractivity contribution in [3.05, 3.63) is 77.3 Å². The lowest BCUT2D eigenvalue weighted by Gasteiger charge is -2.11. The molecule has 22 heavy (non-hydrogen) atoms. The number of halogens is 1. The van der Waals surface area contributed by atoms with Crippen LogP contribution in [0.3, 0.4) is 0 Å². The molecule has 0 unspecified atom stereocenters. The predicted molar refractivity (Wildman–Crippen MR) is 96.3 cm³/mol. The summed E-state index contributed by atoms with van der Waals surface area (Å²) in [7, 11) is 0. The molecular weight excluding hydrogens is 336 g/mol. The maximum absolute atomic E-state index is 10.5. The number of aromatic hydroxyl groups is 1. The summed E-state index contributed by atoms with van der Waals surface area (Å²) in [5, 5.41) is 14.9. The Labute approximate surface area is 137 Å². The van der Waals surface area contributed by atoms with Gasteiger partial charge in [-0.3, -0.25) is 0 Å². The summed E-state index contributed by atoms with van der Waals surface area (Å²) in [5.41, 5.74) is 1.91. The van der Waals surface area contributed by atoms with Crippen molar-refractivity contribution in [2.75, 3.05) is 0 Å². The fourth-order valence-electron chi connectivity index (χ4n) is 2.94. The number of phenolic OH excluding ortho intramolecular Hbond substituents is 1. The van der Waals surface area contributed by atoms with Gasteiger partial charge in [-0.25, -0.2) is 0 Å². The zero-order valence-electron chi connectivity index (χ0n) is 11.8. The highest BCUT2D eigenvalue weighted by molar-refractivity contribution is 9.10. The van der Waals surface area contributed by atoms with E-state index in [9.17, 15) is 5.11 Å². The summed E-state index contributed by atoms with van der Waals surface area (Å²) in [6, 6.07) is 24.3. The van der Waals surface area contributed by atoms with Gasteiger partial charge in [0.25, 0.3) is 0 Å². The zero-order chi connectivity index (χ0) is 15.1. The normalized spacial score (nSPS) is 11.1. The van der Waals surface area contributed by atoms with Gasteiger partial charge in [0.2, 0.25) is 0 Å². The second-order valence-electron chi connectivity index (χ2n) is 5.36. The summed E-state index contributed by atoms with van der Waals surface area (Å²) in [6.45, 7) is 0. The smallest absolute Gasteiger partial charge is 0.124 e. The molecule has 106 valence electrons. The summed E-state index contributed by atoms with van der Waals surface area (Å²) >= 11 is 3.60. The van der Waals surface area contributed by atoms with Crippen LogP contribution in [0.1, 0.15) is 0 Å². The van der Waals surface area contributed by atoms with E-state index in [-0.39, 0.29) is 0 Å². The highest BCUT2D eigenvalue weighted by Gasteiger charge is 2.11. The molecular formula is C20H13BrO. The van der Waals surface area contributed by atoms with E-state index in [1.807, 2.05) is 42.5 Å². The van der Waals surface area contributed by atoms with Crippen molar-refractivity contribution in [2.24, 2.45) is 0 Å². The SMILES string of the molecule is Oc1cc2ccccc2cc1-c1ccc(Br)c2ccccc12. The van der Waals surface area contributed by atoms with E-state index >= 15 is 0 Å². The van der Waals surface area contributed by atoms with Gasteiger partial charge < -0.3 is 5.11 Å². The molecule has 0 aliphatic carbocycles. The molecule has 0 saturated carbocycles. The molecule has 0 bridgehead atoms. The Bertz CT molecular complexity index is 1000. The van der Waals surface area contributed by atoms with Crippen LogP contribution >= 0.6 is 15.9 Å². The van der Waals surface area contributed by atoms with Gasteiger partial charge in [-0.2, -0.15) is 0 Å². The van der Waals surface area contributed by atoms with Crippen LogP contribution in [0.15, 0.2) is 77.3 Å². The number of benzene rings is 4. The van der Waals surface area contributed by atoms with E-state index in [2.05, 4.69) is 46.3 Å². The van der Waals surface area contributed by atoms with Crippen LogP contribution < -0.4 is 0 Å². The maximum Gasteiger partial charge on any atom is 0.124 e. The average Bonchev–Trinajstić information content (AvgIpc) is 2.55.